The summed E-state index contributed by atoms with van der Waals surface area (Å²) in [5, 5.41) is 6.77. The molecule has 7 heteroatoms. The zero-order valence-electron chi connectivity index (χ0n) is 16.0. The van der Waals surface area contributed by atoms with E-state index in [4.69, 9.17) is 16.3 Å². The highest BCUT2D eigenvalue weighted by Crippen LogP contribution is 2.40. The number of ether oxygens (including phenoxy) is 1. The quantitative estimate of drug-likeness (QED) is 0.300. The van der Waals surface area contributed by atoms with Gasteiger partial charge in [0.2, 0.25) is 0 Å². The van der Waals surface area contributed by atoms with Gasteiger partial charge in [0.05, 0.1) is 11.1 Å². The molecule has 0 saturated carbocycles. The average Bonchev–Trinajstić information content (AvgIpc) is 3.22. The van der Waals surface area contributed by atoms with Crippen molar-refractivity contribution in [1.29, 1.82) is 0 Å². The van der Waals surface area contributed by atoms with E-state index in [1.165, 1.54) is 29.8 Å². The van der Waals surface area contributed by atoms with Gasteiger partial charge in [0, 0.05) is 16.0 Å². The summed E-state index contributed by atoms with van der Waals surface area (Å²) in [4.78, 5) is 9.68. The summed E-state index contributed by atoms with van der Waals surface area (Å²) in [6.07, 6.45) is 1.51. The fourth-order valence-corrected chi connectivity index (χ4v) is 4.33. The molecule has 1 N–H and O–H groups in total. The van der Waals surface area contributed by atoms with Crippen LogP contribution < -0.4 is 10.1 Å². The van der Waals surface area contributed by atoms with Crippen molar-refractivity contribution in [1.82, 2.24) is 9.97 Å². The monoisotopic (exact) mass is 447 g/mol. The maximum absolute atomic E-state index is 13.4. The van der Waals surface area contributed by atoms with Crippen LogP contribution >= 0.6 is 22.9 Å². The maximum Gasteiger partial charge on any atom is 0.151 e. The van der Waals surface area contributed by atoms with Crippen LogP contribution in [0.25, 0.3) is 21.3 Å². The Balaban J connectivity index is 1.58. The number of nitrogens with zero attached hydrogens (tertiary/aromatic N) is 2. The second-order valence-electron chi connectivity index (χ2n) is 6.74. The van der Waals surface area contributed by atoms with E-state index in [-0.39, 0.29) is 5.82 Å². The van der Waals surface area contributed by atoms with Crippen LogP contribution in [0.5, 0.6) is 11.5 Å². The third kappa shape index (κ3) is 4.08. The Morgan fingerprint density at radius 2 is 1.74 bits per heavy atom. The Bertz CT molecular complexity index is 1360. The van der Waals surface area contributed by atoms with Crippen LogP contribution in [0.15, 0.2) is 84.5 Å². The minimum atomic E-state index is -0.278. The van der Waals surface area contributed by atoms with E-state index in [0.29, 0.717) is 28.0 Å². The van der Waals surface area contributed by atoms with Crippen LogP contribution in [0, 0.1) is 5.82 Å². The van der Waals surface area contributed by atoms with Crippen LogP contribution in [-0.2, 0) is 0 Å². The lowest BCUT2D eigenvalue weighted by molar-refractivity contribution is 0.485. The van der Waals surface area contributed by atoms with Gasteiger partial charge in [-0.15, -0.1) is 11.3 Å². The molecule has 5 aromatic rings. The van der Waals surface area contributed by atoms with Crippen LogP contribution in [0.2, 0.25) is 5.02 Å². The van der Waals surface area contributed by atoms with E-state index in [9.17, 15) is 4.39 Å². The van der Waals surface area contributed by atoms with Crippen molar-refractivity contribution in [3.63, 3.8) is 0 Å². The number of anilines is 2. The van der Waals surface area contributed by atoms with E-state index in [0.717, 1.165) is 21.3 Å². The molecule has 3 aromatic carbocycles. The Kier molecular flexibility index (Phi) is 5.24. The summed E-state index contributed by atoms with van der Waals surface area (Å²) < 4.78 is 19.5. The Labute approximate surface area is 186 Å². The number of hydrogen-bond donors (Lipinski definition) is 1. The van der Waals surface area contributed by atoms with Gasteiger partial charge in [-0.05, 0) is 48.0 Å². The first-order valence-corrected chi connectivity index (χ1v) is 10.7. The second-order valence-corrected chi connectivity index (χ2v) is 8.03. The number of para-hydroxylation sites is 1. The molecule has 0 radical (unpaired) electrons. The topological polar surface area (TPSA) is 47.0 Å². The summed E-state index contributed by atoms with van der Waals surface area (Å²) >= 11 is 7.77. The van der Waals surface area contributed by atoms with Gasteiger partial charge in [0.15, 0.2) is 5.75 Å². The minimum absolute atomic E-state index is 0.278. The van der Waals surface area contributed by atoms with Gasteiger partial charge in [-0.1, -0.05) is 41.9 Å². The van der Waals surface area contributed by atoms with Crippen molar-refractivity contribution in [2.75, 3.05) is 5.32 Å². The van der Waals surface area contributed by atoms with Crippen LogP contribution in [-0.4, -0.2) is 9.97 Å². The van der Waals surface area contributed by atoms with E-state index in [2.05, 4.69) is 15.3 Å². The highest BCUT2D eigenvalue weighted by molar-refractivity contribution is 7.17. The number of hydrogen-bond acceptors (Lipinski definition) is 5. The first-order chi connectivity index (χ1) is 15.2. The van der Waals surface area contributed by atoms with Crippen molar-refractivity contribution in [3.8, 4) is 22.6 Å². The summed E-state index contributed by atoms with van der Waals surface area (Å²) in [6.45, 7) is 0. The third-order valence-electron chi connectivity index (χ3n) is 4.69. The number of halogens is 2. The zero-order valence-corrected chi connectivity index (χ0v) is 17.6. The summed E-state index contributed by atoms with van der Waals surface area (Å²) in [6, 6.07) is 21.3. The molecule has 5 rings (SSSR count). The molecule has 0 aliphatic carbocycles. The molecular weight excluding hydrogens is 433 g/mol. The van der Waals surface area contributed by atoms with Crippen molar-refractivity contribution >= 4 is 44.7 Å². The lowest BCUT2D eigenvalue weighted by Crippen LogP contribution is -1.98. The normalized spacial score (nSPS) is 10.9. The van der Waals surface area contributed by atoms with Gasteiger partial charge in [-0.25, -0.2) is 14.4 Å². The van der Waals surface area contributed by atoms with Gasteiger partial charge >= 0.3 is 0 Å². The molecule has 4 nitrogen and oxygen atoms in total. The first kappa shape index (κ1) is 19.5. The smallest absolute Gasteiger partial charge is 0.151 e. The maximum atomic E-state index is 13.4. The molecule has 0 aliphatic rings. The van der Waals surface area contributed by atoms with Crippen molar-refractivity contribution < 1.29 is 9.13 Å². The van der Waals surface area contributed by atoms with E-state index in [1.807, 2.05) is 41.8 Å². The number of thiophene rings is 1. The fraction of sp³-hybridized carbons (Fsp3) is 0. The largest absolute Gasteiger partial charge is 0.455 e. The number of benzene rings is 3. The zero-order chi connectivity index (χ0) is 21.2. The average molecular weight is 448 g/mol. The van der Waals surface area contributed by atoms with Gasteiger partial charge in [-0.3, -0.25) is 0 Å². The van der Waals surface area contributed by atoms with E-state index in [1.54, 1.807) is 24.3 Å². The fourth-order valence-electron chi connectivity index (χ4n) is 3.24. The van der Waals surface area contributed by atoms with Crippen LogP contribution in [0.1, 0.15) is 0 Å². The Morgan fingerprint density at radius 1 is 0.935 bits per heavy atom. The standard InChI is InChI=1S/C24H15ClFN3OS/c25-16-8-11-21(30-18-4-2-1-3-5-18)20(12-16)29-23-22-19(13-31-24(22)28-14-27-23)15-6-9-17(26)10-7-15/h1-14H,(H,27,28,29). The number of nitrogens with one attached hydrogen (secondary N) is 1. The van der Waals surface area contributed by atoms with E-state index >= 15 is 0 Å². The Morgan fingerprint density at radius 3 is 2.55 bits per heavy atom. The second kappa shape index (κ2) is 8.34. The number of aromatic nitrogens is 2. The molecule has 2 heterocycles. The molecule has 31 heavy (non-hydrogen) atoms. The lowest BCUT2D eigenvalue weighted by Gasteiger charge is -2.14. The van der Waals surface area contributed by atoms with Crippen LogP contribution in [0.4, 0.5) is 15.9 Å². The van der Waals surface area contributed by atoms with Crippen molar-refractivity contribution in [2.45, 2.75) is 0 Å². The lowest BCUT2D eigenvalue weighted by atomic mass is 10.1. The molecule has 0 saturated heterocycles. The minimum Gasteiger partial charge on any atom is -0.455 e. The van der Waals surface area contributed by atoms with Gasteiger partial charge in [-0.2, -0.15) is 0 Å². The highest BCUT2D eigenvalue weighted by Gasteiger charge is 2.15. The van der Waals surface area contributed by atoms with E-state index < -0.39 is 0 Å². The van der Waals surface area contributed by atoms with Crippen LogP contribution in [0.3, 0.4) is 0 Å². The van der Waals surface area contributed by atoms with Crippen molar-refractivity contribution in [2.24, 2.45) is 0 Å². The molecule has 0 bridgehead atoms. The molecule has 0 aliphatic heterocycles. The third-order valence-corrected chi connectivity index (χ3v) is 5.81. The number of fused-ring (bicyclic) bond motifs is 1. The van der Waals surface area contributed by atoms with Gasteiger partial charge < -0.3 is 10.1 Å². The molecular formula is C24H15ClFN3OS. The molecule has 152 valence electrons. The summed E-state index contributed by atoms with van der Waals surface area (Å²) in [5.41, 5.74) is 2.49. The summed E-state index contributed by atoms with van der Waals surface area (Å²) in [5.74, 6) is 1.66. The molecule has 0 unspecified atom stereocenters. The highest BCUT2D eigenvalue weighted by atomic mass is 35.5. The predicted molar refractivity (Wildman–Crippen MR) is 124 cm³/mol. The Hall–Kier alpha value is -3.48. The van der Waals surface area contributed by atoms with Gasteiger partial charge in [0.1, 0.15) is 28.5 Å². The predicted octanol–water partition coefficient (Wildman–Crippen LogP) is 7.69. The van der Waals surface area contributed by atoms with Crippen molar-refractivity contribution in [3.05, 3.63) is 95.3 Å². The first-order valence-electron chi connectivity index (χ1n) is 9.45. The van der Waals surface area contributed by atoms with Gasteiger partial charge in [0.25, 0.3) is 0 Å². The molecule has 0 atom stereocenters. The number of rotatable bonds is 5. The molecule has 0 fully saturated rings. The molecule has 0 spiro atoms. The molecule has 2 aromatic heterocycles. The molecule has 0 amide bonds. The summed E-state index contributed by atoms with van der Waals surface area (Å²) in [7, 11) is 0. The SMILES string of the molecule is Fc1ccc(-c2csc3ncnc(Nc4cc(Cl)ccc4Oc4ccccc4)c23)cc1.